The second kappa shape index (κ2) is 10.1. The fourth-order valence-corrected chi connectivity index (χ4v) is 2.95. The van der Waals surface area contributed by atoms with Crippen molar-refractivity contribution in [2.24, 2.45) is 0 Å². The van der Waals surface area contributed by atoms with Gasteiger partial charge in [-0.2, -0.15) is 11.8 Å². The summed E-state index contributed by atoms with van der Waals surface area (Å²) in [6, 6.07) is 4.36. The van der Waals surface area contributed by atoms with Crippen LogP contribution in [-0.2, 0) is 9.53 Å². The smallest absolute Gasteiger partial charge is 0.338 e. The zero-order valence-electron chi connectivity index (χ0n) is 16.1. The number of hydrogen-bond donors (Lipinski definition) is 2. The number of carbonyl (C=O) groups is 2. The van der Waals surface area contributed by atoms with Crippen molar-refractivity contribution >= 4 is 23.8 Å². The molecule has 1 aliphatic rings. The molecule has 0 saturated heterocycles. The van der Waals surface area contributed by atoms with Crippen LogP contribution in [0.15, 0.2) is 29.5 Å². The largest absolute Gasteiger partial charge is 0.493 e. The molecule has 2 N–H and O–H groups in total. The molecule has 1 aromatic carbocycles. The molecule has 1 atom stereocenters. The minimum Gasteiger partial charge on any atom is -0.493 e. The van der Waals surface area contributed by atoms with E-state index >= 15 is 0 Å². The predicted molar refractivity (Wildman–Crippen MR) is 105 cm³/mol. The lowest BCUT2D eigenvalue weighted by Crippen LogP contribution is -2.45. The van der Waals surface area contributed by atoms with E-state index in [-0.39, 0.29) is 6.03 Å². The highest BCUT2D eigenvalue weighted by Gasteiger charge is 2.32. The Hall–Kier alpha value is -2.35. The Bertz CT molecular complexity index is 720. The molecule has 2 amide bonds. The lowest BCUT2D eigenvalue weighted by Gasteiger charge is -2.28. The van der Waals surface area contributed by atoms with Crippen LogP contribution in [0.1, 0.15) is 31.9 Å². The van der Waals surface area contributed by atoms with Crippen LogP contribution in [0.2, 0.25) is 0 Å². The van der Waals surface area contributed by atoms with Gasteiger partial charge in [-0.3, -0.25) is 0 Å². The van der Waals surface area contributed by atoms with E-state index in [2.05, 4.69) is 10.6 Å². The third kappa shape index (κ3) is 5.32. The molecular formula is C19H26N2O5S. The summed E-state index contributed by atoms with van der Waals surface area (Å²) in [5.74, 6) is 1.42. The molecule has 0 unspecified atom stereocenters. The van der Waals surface area contributed by atoms with Crippen LogP contribution >= 0.6 is 11.8 Å². The van der Waals surface area contributed by atoms with Gasteiger partial charge in [0, 0.05) is 11.4 Å². The molecule has 7 nitrogen and oxygen atoms in total. The molecule has 1 heterocycles. The summed E-state index contributed by atoms with van der Waals surface area (Å²) in [7, 11) is 1.55. The van der Waals surface area contributed by atoms with Crippen molar-refractivity contribution in [1.82, 2.24) is 10.6 Å². The van der Waals surface area contributed by atoms with E-state index in [4.69, 9.17) is 14.2 Å². The molecule has 1 aromatic rings. The minimum atomic E-state index is -0.630. The van der Waals surface area contributed by atoms with E-state index in [9.17, 15) is 9.59 Å². The highest BCUT2D eigenvalue weighted by atomic mass is 32.2. The van der Waals surface area contributed by atoms with Gasteiger partial charge in [-0.25, -0.2) is 9.59 Å². The first-order chi connectivity index (χ1) is 13.0. The summed E-state index contributed by atoms with van der Waals surface area (Å²) in [5.41, 5.74) is 1.56. The summed E-state index contributed by atoms with van der Waals surface area (Å²) < 4.78 is 16.4. The number of urea groups is 1. The van der Waals surface area contributed by atoms with Gasteiger partial charge in [-0.15, -0.1) is 0 Å². The number of allylic oxidation sites excluding steroid dienone is 1. The van der Waals surface area contributed by atoms with Crippen molar-refractivity contribution in [3.05, 3.63) is 35.0 Å². The normalized spacial score (nSPS) is 16.4. The molecule has 0 aromatic heterocycles. The predicted octanol–water partition coefficient (Wildman–Crippen LogP) is 3.02. The molecule has 1 aliphatic heterocycles. The van der Waals surface area contributed by atoms with Gasteiger partial charge in [0.1, 0.15) is 6.61 Å². The molecule has 2 rings (SSSR count). The number of carbonyl (C=O) groups excluding carboxylic acids is 2. The summed E-state index contributed by atoms with van der Waals surface area (Å²) in [6.07, 6.45) is 2.82. The van der Waals surface area contributed by atoms with Crippen LogP contribution in [-0.4, -0.2) is 44.3 Å². The van der Waals surface area contributed by atoms with E-state index in [1.807, 2.05) is 19.2 Å². The Morgan fingerprint density at radius 2 is 2.04 bits per heavy atom. The number of rotatable bonds is 9. The topological polar surface area (TPSA) is 85.9 Å². The van der Waals surface area contributed by atoms with Gasteiger partial charge in [0.15, 0.2) is 11.5 Å². The fraction of sp³-hybridized carbons (Fsp3) is 0.474. The lowest BCUT2D eigenvalue weighted by atomic mass is 9.95. The van der Waals surface area contributed by atoms with Gasteiger partial charge < -0.3 is 24.8 Å². The second-order valence-corrected chi connectivity index (χ2v) is 6.94. The molecule has 0 bridgehead atoms. The van der Waals surface area contributed by atoms with E-state index in [1.54, 1.807) is 37.9 Å². The Balaban J connectivity index is 2.33. The zero-order chi connectivity index (χ0) is 19.8. The lowest BCUT2D eigenvalue weighted by molar-refractivity contribution is -0.138. The number of thioether (sulfide) groups is 1. The number of hydrogen-bond acceptors (Lipinski definition) is 6. The average molecular weight is 394 g/mol. The average Bonchev–Trinajstić information content (AvgIpc) is 2.65. The molecule has 0 radical (unpaired) electrons. The van der Waals surface area contributed by atoms with Crippen LogP contribution in [0.3, 0.4) is 0 Å². The standard InChI is InChI=1S/C19H26N2O5S/c1-5-8-25-14-7-6-13(11-15(14)24-3)17-16(12(2)20-19(23)21-17)18(22)26-9-10-27-4/h6-7,11,17H,5,8-10H2,1-4H3,(H2,20,21,23)/t17-/m0/s1. The summed E-state index contributed by atoms with van der Waals surface area (Å²) in [4.78, 5) is 24.6. The second-order valence-electron chi connectivity index (χ2n) is 5.96. The maximum absolute atomic E-state index is 12.6. The first-order valence-electron chi connectivity index (χ1n) is 8.76. The molecule has 0 saturated carbocycles. The van der Waals surface area contributed by atoms with Crippen molar-refractivity contribution < 1.29 is 23.8 Å². The number of esters is 1. The third-order valence-corrected chi connectivity index (χ3v) is 4.57. The molecule has 27 heavy (non-hydrogen) atoms. The quantitative estimate of drug-likeness (QED) is 0.495. The first-order valence-corrected chi connectivity index (χ1v) is 10.2. The van der Waals surface area contributed by atoms with Crippen molar-refractivity contribution in [3.63, 3.8) is 0 Å². The maximum Gasteiger partial charge on any atom is 0.338 e. The number of ether oxygens (including phenoxy) is 3. The SMILES string of the molecule is CCCOc1ccc([C@@H]2NC(=O)NC(C)=C2C(=O)OCCSC)cc1OC. The van der Waals surface area contributed by atoms with Crippen LogP contribution in [0.4, 0.5) is 4.79 Å². The maximum atomic E-state index is 12.6. The first kappa shape index (κ1) is 21.0. The molecule has 0 fully saturated rings. The van der Waals surface area contributed by atoms with E-state index in [0.717, 1.165) is 6.42 Å². The van der Waals surface area contributed by atoms with Crippen molar-refractivity contribution in [2.75, 3.05) is 32.3 Å². The van der Waals surface area contributed by atoms with E-state index < -0.39 is 12.0 Å². The number of benzene rings is 1. The minimum absolute atomic E-state index is 0.310. The molecule has 0 aliphatic carbocycles. The van der Waals surface area contributed by atoms with Crippen molar-refractivity contribution in [3.8, 4) is 11.5 Å². The van der Waals surface area contributed by atoms with Crippen LogP contribution in [0, 0.1) is 0 Å². The van der Waals surface area contributed by atoms with Crippen molar-refractivity contribution in [1.29, 1.82) is 0 Å². The fourth-order valence-electron chi connectivity index (χ4n) is 2.70. The molecule has 0 spiro atoms. The molecular weight excluding hydrogens is 368 g/mol. The van der Waals surface area contributed by atoms with Gasteiger partial charge in [-0.05, 0) is 37.3 Å². The Morgan fingerprint density at radius 3 is 2.70 bits per heavy atom. The van der Waals surface area contributed by atoms with Crippen LogP contribution in [0.25, 0.3) is 0 Å². The van der Waals surface area contributed by atoms with Gasteiger partial charge in [-0.1, -0.05) is 13.0 Å². The highest BCUT2D eigenvalue weighted by Crippen LogP contribution is 2.34. The Kier molecular flexibility index (Phi) is 7.84. The molecule has 8 heteroatoms. The van der Waals surface area contributed by atoms with E-state index in [0.29, 0.717) is 47.3 Å². The van der Waals surface area contributed by atoms with Crippen LogP contribution in [0.5, 0.6) is 11.5 Å². The molecule has 148 valence electrons. The number of methoxy groups -OCH3 is 1. The van der Waals surface area contributed by atoms with E-state index in [1.165, 1.54) is 0 Å². The Morgan fingerprint density at radius 1 is 1.26 bits per heavy atom. The van der Waals surface area contributed by atoms with Gasteiger partial charge in [0.05, 0.1) is 25.3 Å². The summed E-state index contributed by atoms with van der Waals surface area (Å²) in [5, 5.41) is 5.42. The monoisotopic (exact) mass is 394 g/mol. The van der Waals surface area contributed by atoms with Crippen LogP contribution < -0.4 is 20.1 Å². The summed E-state index contributed by atoms with van der Waals surface area (Å²) in [6.45, 7) is 4.59. The van der Waals surface area contributed by atoms with Gasteiger partial charge in [0.2, 0.25) is 0 Å². The van der Waals surface area contributed by atoms with Gasteiger partial charge >= 0.3 is 12.0 Å². The zero-order valence-corrected chi connectivity index (χ0v) is 16.9. The Labute approximate surface area is 163 Å². The van der Waals surface area contributed by atoms with Gasteiger partial charge in [0.25, 0.3) is 0 Å². The van der Waals surface area contributed by atoms with Crippen molar-refractivity contribution in [2.45, 2.75) is 26.3 Å². The summed E-state index contributed by atoms with van der Waals surface area (Å²) >= 11 is 1.59. The number of nitrogens with one attached hydrogen (secondary N) is 2. The highest BCUT2D eigenvalue weighted by molar-refractivity contribution is 7.98. The number of amides is 2. The third-order valence-electron chi connectivity index (χ3n) is 3.99.